The van der Waals surface area contributed by atoms with Gasteiger partial charge in [0.25, 0.3) is 0 Å². The number of anilines is 1. The predicted octanol–water partition coefficient (Wildman–Crippen LogP) is 3.47. The molecule has 1 aromatic rings. The first-order valence-electron chi connectivity index (χ1n) is 6.80. The number of benzene rings is 1. The Hall–Kier alpha value is -0.730. The fourth-order valence-corrected chi connectivity index (χ4v) is 2.99. The fourth-order valence-electron chi connectivity index (χ4n) is 2.64. The molecule has 0 radical (unpaired) electrons. The maximum Gasteiger partial charge on any atom is 0.0642 e. The second-order valence-electron chi connectivity index (χ2n) is 5.68. The molecule has 2 rings (SSSR count). The molecule has 3 heteroatoms. The van der Waals surface area contributed by atoms with Gasteiger partial charge in [-0.1, -0.05) is 31.5 Å². The number of nitrogens with one attached hydrogen (secondary N) is 1. The van der Waals surface area contributed by atoms with Gasteiger partial charge in [0.1, 0.15) is 0 Å². The number of hydrogen-bond donors (Lipinski definition) is 1. The van der Waals surface area contributed by atoms with E-state index in [1.54, 1.807) is 0 Å². The molecule has 1 aromatic carbocycles. The van der Waals surface area contributed by atoms with E-state index >= 15 is 0 Å². The largest absolute Gasteiger partial charge is 0.367 e. The molecule has 18 heavy (non-hydrogen) atoms. The molecule has 0 bridgehead atoms. The number of hydrogen-bond acceptors (Lipinski definition) is 2. The van der Waals surface area contributed by atoms with E-state index in [1.807, 2.05) is 0 Å². The number of halogens is 1. The Labute approximate surface area is 115 Å². The third-order valence-electron chi connectivity index (χ3n) is 3.46. The van der Waals surface area contributed by atoms with Crippen LogP contribution in [0.5, 0.6) is 0 Å². The van der Waals surface area contributed by atoms with Gasteiger partial charge >= 0.3 is 0 Å². The Morgan fingerprint density at radius 1 is 1.44 bits per heavy atom. The van der Waals surface area contributed by atoms with Gasteiger partial charge in [0.15, 0.2) is 0 Å². The van der Waals surface area contributed by atoms with Gasteiger partial charge in [0, 0.05) is 25.7 Å². The van der Waals surface area contributed by atoms with Gasteiger partial charge in [-0.3, -0.25) is 0 Å². The highest BCUT2D eigenvalue weighted by atomic mass is 35.5. The third kappa shape index (κ3) is 3.39. The van der Waals surface area contributed by atoms with Crippen LogP contribution in [0, 0.1) is 12.8 Å². The smallest absolute Gasteiger partial charge is 0.0642 e. The van der Waals surface area contributed by atoms with E-state index in [0.717, 1.165) is 30.6 Å². The van der Waals surface area contributed by atoms with Gasteiger partial charge in [-0.25, -0.2) is 0 Å². The van der Waals surface area contributed by atoms with Crippen LogP contribution in [0.3, 0.4) is 0 Å². The minimum atomic E-state index is 0.580. The van der Waals surface area contributed by atoms with E-state index in [-0.39, 0.29) is 0 Å². The summed E-state index contributed by atoms with van der Waals surface area (Å²) in [5.41, 5.74) is 2.40. The lowest BCUT2D eigenvalue weighted by molar-refractivity contribution is 0.388. The Morgan fingerprint density at radius 2 is 2.22 bits per heavy atom. The monoisotopic (exact) mass is 266 g/mol. The van der Waals surface area contributed by atoms with E-state index in [9.17, 15) is 0 Å². The standard InChI is InChI=1S/C15H23ClN2/c1-11(2)8-13-10-18(7-6-17-13)15-5-4-12(3)9-14(15)16/h4-5,9,11,13,17H,6-8,10H2,1-3H3. The quantitative estimate of drug-likeness (QED) is 0.901. The molecular formula is C15H23ClN2. The minimum Gasteiger partial charge on any atom is -0.367 e. The van der Waals surface area contributed by atoms with Gasteiger partial charge in [0.05, 0.1) is 10.7 Å². The second kappa shape index (κ2) is 5.94. The zero-order valence-corrected chi connectivity index (χ0v) is 12.3. The summed E-state index contributed by atoms with van der Waals surface area (Å²) in [4.78, 5) is 2.41. The van der Waals surface area contributed by atoms with Crippen molar-refractivity contribution in [3.8, 4) is 0 Å². The molecule has 1 aliphatic heterocycles. The first-order valence-corrected chi connectivity index (χ1v) is 7.18. The molecule has 0 aliphatic carbocycles. The molecule has 1 heterocycles. The van der Waals surface area contributed by atoms with Crippen LogP contribution in [0.25, 0.3) is 0 Å². The van der Waals surface area contributed by atoms with E-state index < -0.39 is 0 Å². The zero-order chi connectivity index (χ0) is 13.1. The van der Waals surface area contributed by atoms with Crippen LogP contribution in [-0.4, -0.2) is 25.7 Å². The van der Waals surface area contributed by atoms with Crippen LogP contribution in [0.1, 0.15) is 25.8 Å². The van der Waals surface area contributed by atoms with Crippen molar-refractivity contribution in [2.24, 2.45) is 5.92 Å². The van der Waals surface area contributed by atoms with Crippen molar-refractivity contribution in [3.63, 3.8) is 0 Å². The molecule has 0 saturated carbocycles. The summed E-state index contributed by atoms with van der Waals surface area (Å²) in [6.45, 7) is 9.77. The lowest BCUT2D eigenvalue weighted by Gasteiger charge is -2.36. The van der Waals surface area contributed by atoms with E-state index in [1.165, 1.54) is 17.7 Å². The predicted molar refractivity (Wildman–Crippen MR) is 79.6 cm³/mol. The molecule has 1 atom stereocenters. The van der Waals surface area contributed by atoms with E-state index in [4.69, 9.17) is 11.6 Å². The molecule has 2 nitrogen and oxygen atoms in total. The molecule has 0 aromatic heterocycles. The highest BCUT2D eigenvalue weighted by Gasteiger charge is 2.21. The normalized spacial score (nSPS) is 20.5. The Balaban J connectivity index is 2.08. The van der Waals surface area contributed by atoms with Crippen LogP contribution in [0.4, 0.5) is 5.69 Å². The van der Waals surface area contributed by atoms with Gasteiger partial charge in [-0.15, -0.1) is 0 Å². The average molecular weight is 267 g/mol. The number of piperazine rings is 1. The third-order valence-corrected chi connectivity index (χ3v) is 3.76. The Morgan fingerprint density at radius 3 is 2.89 bits per heavy atom. The number of aryl methyl sites for hydroxylation is 1. The number of nitrogens with zero attached hydrogens (tertiary/aromatic N) is 1. The Kier molecular flexibility index (Phi) is 4.52. The van der Waals surface area contributed by atoms with Crippen molar-refractivity contribution >= 4 is 17.3 Å². The average Bonchev–Trinajstić information content (AvgIpc) is 2.28. The van der Waals surface area contributed by atoms with Crippen LogP contribution >= 0.6 is 11.6 Å². The molecule has 0 spiro atoms. The van der Waals surface area contributed by atoms with Crippen molar-refractivity contribution in [2.45, 2.75) is 33.2 Å². The van der Waals surface area contributed by atoms with Gasteiger partial charge in [0.2, 0.25) is 0 Å². The summed E-state index contributed by atoms with van der Waals surface area (Å²) in [5, 5.41) is 4.47. The van der Waals surface area contributed by atoms with Crippen LogP contribution < -0.4 is 10.2 Å². The number of rotatable bonds is 3. The van der Waals surface area contributed by atoms with Crippen LogP contribution in [0.2, 0.25) is 5.02 Å². The molecule has 100 valence electrons. The van der Waals surface area contributed by atoms with E-state index in [2.05, 4.69) is 49.2 Å². The van der Waals surface area contributed by atoms with Crippen molar-refractivity contribution in [3.05, 3.63) is 28.8 Å². The molecule has 1 N–H and O–H groups in total. The molecule has 1 aliphatic rings. The lowest BCUT2D eigenvalue weighted by Crippen LogP contribution is -2.51. The zero-order valence-electron chi connectivity index (χ0n) is 11.5. The van der Waals surface area contributed by atoms with E-state index in [0.29, 0.717) is 6.04 Å². The summed E-state index contributed by atoms with van der Waals surface area (Å²) < 4.78 is 0. The second-order valence-corrected chi connectivity index (χ2v) is 6.09. The maximum absolute atomic E-state index is 6.35. The molecular weight excluding hydrogens is 244 g/mol. The lowest BCUT2D eigenvalue weighted by atomic mass is 10.0. The van der Waals surface area contributed by atoms with Crippen LogP contribution in [-0.2, 0) is 0 Å². The molecule has 1 fully saturated rings. The summed E-state index contributed by atoms with van der Waals surface area (Å²) in [5.74, 6) is 0.732. The Bertz CT molecular complexity index is 403. The first kappa shape index (κ1) is 13.7. The van der Waals surface area contributed by atoms with Gasteiger partial charge in [-0.05, 0) is 37.0 Å². The topological polar surface area (TPSA) is 15.3 Å². The highest BCUT2D eigenvalue weighted by molar-refractivity contribution is 6.33. The first-order chi connectivity index (χ1) is 8.56. The summed E-state index contributed by atoms with van der Waals surface area (Å²) in [6, 6.07) is 6.92. The SMILES string of the molecule is Cc1ccc(N2CCNC(CC(C)C)C2)c(Cl)c1. The van der Waals surface area contributed by atoms with Gasteiger partial charge in [-0.2, -0.15) is 0 Å². The summed E-state index contributed by atoms with van der Waals surface area (Å²) in [6.07, 6.45) is 1.22. The van der Waals surface area contributed by atoms with Crippen molar-refractivity contribution < 1.29 is 0 Å². The fraction of sp³-hybridized carbons (Fsp3) is 0.600. The minimum absolute atomic E-state index is 0.580. The summed E-state index contributed by atoms with van der Waals surface area (Å²) in [7, 11) is 0. The maximum atomic E-state index is 6.35. The molecule has 0 amide bonds. The highest BCUT2D eigenvalue weighted by Crippen LogP contribution is 2.28. The van der Waals surface area contributed by atoms with Crippen molar-refractivity contribution in [1.29, 1.82) is 0 Å². The van der Waals surface area contributed by atoms with Crippen molar-refractivity contribution in [2.75, 3.05) is 24.5 Å². The van der Waals surface area contributed by atoms with Crippen molar-refractivity contribution in [1.82, 2.24) is 5.32 Å². The molecule has 1 unspecified atom stereocenters. The molecule has 1 saturated heterocycles. The summed E-state index contributed by atoms with van der Waals surface area (Å²) >= 11 is 6.35. The van der Waals surface area contributed by atoms with Gasteiger partial charge < -0.3 is 10.2 Å². The van der Waals surface area contributed by atoms with Crippen LogP contribution in [0.15, 0.2) is 18.2 Å².